The highest BCUT2D eigenvalue weighted by molar-refractivity contribution is 5.98. The van der Waals surface area contributed by atoms with Crippen LogP contribution in [-0.4, -0.2) is 12.3 Å². The number of pyridine rings is 1. The third-order valence-corrected chi connectivity index (χ3v) is 3.70. The first-order valence-electron chi connectivity index (χ1n) is 8.31. The van der Waals surface area contributed by atoms with Crippen molar-refractivity contribution in [3.8, 4) is 5.75 Å². The molecule has 0 fully saturated rings. The topological polar surface area (TPSA) is 42.2 Å². The number of nitrogens with one attached hydrogen (secondary N) is 1. The van der Waals surface area contributed by atoms with Crippen LogP contribution in [0, 0.1) is 0 Å². The van der Waals surface area contributed by atoms with Gasteiger partial charge in [0.25, 0.3) is 0 Å². The maximum absolute atomic E-state index is 12.2. The van der Waals surface area contributed by atoms with E-state index in [4.69, 9.17) is 0 Å². The van der Waals surface area contributed by atoms with E-state index in [1.54, 1.807) is 65.6 Å². The molecule has 0 saturated carbocycles. The van der Waals surface area contributed by atoms with E-state index in [2.05, 4.69) is 10.2 Å². The first-order valence-corrected chi connectivity index (χ1v) is 8.31. The lowest BCUT2D eigenvalue weighted by atomic mass is 10.1. The third-order valence-electron chi connectivity index (χ3n) is 3.70. The van der Waals surface area contributed by atoms with Crippen LogP contribution in [0.15, 0.2) is 79.1 Å². The van der Waals surface area contributed by atoms with E-state index in [-0.39, 0.29) is 11.7 Å². The molecule has 0 aliphatic heterocycles. The number of ether oxygens (including phenoxy) is 1. The van der Waals surface area contributed by atoms with Crippen LogP contribution in [0.2, 0.25) is 0 Å². The summed E-state index contributed by atoms with van der Waals surface area (Å²) in [5, 5.41) is 0. The van der Waals surface area contributed by atoms with Crippen LogP contribution < -0.4 is 14.8 Å². The number of carbonyl (C=O) groups excluding carboxylic acids is 1. The maximum Gasteiger partial charge on any atom is 0.573 e. The first kappa shape index (κ1) is 19.2. The molecule has 1 aromatic heterocycles. The molecule has 3 aromatic rings. The molecule has 4 nitrogen and oxygen atoms in total. The predicted molar refractivity (Wildman–Crippen MR) is 98.8 cm³/mol. The summed E-state index contributed by atoms with van der Waals surface area (Å²) in [6.07, 6.45) is 2.30. The summed E-state index contributed by atoms with van der Waals surface area (Å²) in [4.78, 5) is 12.2. The van der Waals surface area contributed by atoms with Gasteiger partial charge in [-0.1, -0.05) is 47.2 Å². The zero-order valence-corrected chi connectivity index (χ0v) is 14.6. The molecular formula is C21H16F3N2O2+. The molecular weight excluding hydrogens is 369 g/mol. The molecule has 142 valence electrons. The zero-order valence-electron chi connectivity index (χ0n) is 14.6. The van der Waals surface area contributed by atoms with Crippen LogP contribution in [-0.2, 0) is 0 Å². The molecule has 3 rings (SSSR count). The Balaban J connectivity index is 1.61. The number of amides is 1. The van der Waals surface area contributed by atoms with Gasteiger partial charge in [0.05, 0.1) is 0 Å². The Labute approximate surface area is 159 Å². The molecule has 0 atom stereocenters. The van der Waals surface area contributed by atoms with Gasteiger partial charge in [0, 0.05) is 17.7 Å². The number of benzene rings is 2. The number of rotatable bonds is 5. The number of carbonyl (C=O) groups is 1. The monoisotopic (exact) mass is 385 g/mol. The Hall–Kier alpha value is -3.61. The van der Waals surface area contributed by atoms with Crippen molar-refractivity contribution in [1.29, 1.82) is 0 Å². The molecule has 0 aliphatic rings. The van der Waals surface area contributed by atoms with E-state index in [0.717, 1.165) is 11.1 Å². The summed E-state index contributed by atoms with van der Waals surface area (Å²) in [6.45, 7) is 0. The summed E-state index contributed by atoms with van der Waals surface area (Å²) in [5.74, 6) is -0.511. The van der Waals surface area contributed by atoms with Crippen LogP contribution >= 0.6 is 0 Å². The summed E-state index contributed by atoms with van der Waals surface area (Å²) in [5.41, 5.74) is 4.79. The SMILES string of the molecule is O=C(N[n+]1ccccc1)c1ccc(/C=C\c2ccc(OC(F)(F)F)cc2)cc1. The minimum atomic E-state index is -4.70. The molecule has 2 aromatic carbocycles. The van der Waals surface area contributed by atoms with Gasteiger partial charge in [-0.3, -0.25) is 4.79 Å². The number of hydrogen-bond donors (Lipinski definition) is 1. The molecule has 1 heterocycles. The minimum Gasteiger partial charge on any atom is -0.406 e. The smallest absolute Gasteiger partial charge is 0.406 e. The van der Waals surface area contributed by atoms with Crippen LogP contribution in [0.4, 0.5) is 13.2 Å². The Kier molecular flexibility index (Phi) is 5.74. The lowest BCUT2D eigenvalue weighted by Crippen LogP contribution is -2.47. The molecule has 28 heavy (non-hydrogen) atoms. The second-order valence-electron chi connectivity index (χ2n) is 5.80. The standard InChI is InChI=1S/C21H15F3N2O2/c22-21(23,24)28-19-12-8-17(9-13-19)5-4-16-6-10-18(11-7-16)20(27)25-26-14-2-1-3-15-26/h1-15H/p+1/b5-4-. The van der Waals surface area contributed by atoms with Crippen LogP contribution in [0.1, 0.15) is 21.5 Å². The second kappa shape index (κ2) is 8.39. The first-order chi connectivity index (χ1) is 13.4. The van der Waals surface area contributed by atoms with Crippen molar-refractivity contribution >= 4 is 18.1 Å². The van der Waals surface area contributed by atoms with Gasteiger partial charge in [-0.2, -0.15) is 0 Å². The summed E-state index contributed by atoms with van der Waals surface area (Å²) < 4.78 is 41.9. The van der Waals surface area contributed by atoms with E-state index in [1.165, 1.54) is 24.3 Å². The maximum atomic E-state index is 12.2. The van der Waals surface area contributed by atoms with E-state index in [0.29, 0.717) is 5.56 Å². The molecule has 0 spiro atoms. The average molecular weight is 385 g/mol. The van der Waals surface area contributed by atoms with Gasteiger partial charge in [0.1, 0.15) is 5.75 Å². The minimum absolute atomic E-state index is 0.244. The normalized spacial score (nSPS) is 11.4. The fraction of sp³-hybridized carbons (Fsp3) is 0.0476. The van der Waals surface area contributed by atoms with Crippen LogP contribution in [0.25, 0.3) is 12.2 Å². The second-order valence-corrected chi connectivity index (χ2v) is 5.80. The average Bonchev–Trinajstić information content (AvgIpc) is 2.67. The van der Waals surface area contributed by atoms with Crippen molar-refractivity contribution in [1.82, 2.24) is 0 Å². The van der Waals surface area contributed by atoms with E-state index < -0.39 is 6.36 Å². The third kappa shape index (κ3) is 5.70. The Morgan fingerprint density at radius 1 is 0.857 bits per heavy atom. The van der Waals surface area contributed by atoms with Crippen LogP contribution in [0.5, 0.6) is 5.75 Å². The zero-order chi connectivity index (χ0) is 20.0. The molecule has 0 aliphatic carbocycles. The number of aromatic nitrogens is 1. The molecule has 0 radical (unpaired) electrons. The fourth-order valence-electron chi connectivity index (χ4n) is 2.37. The van der Waals surface area contributed by atoms with Gasteiger partial charge in [-0.25, -0.2) is 0 Å². The van der Waals surface area contributed by atoms with E-state index in [9.17, 15) is 18.0 Å². The Bertz CT molecular complexity index is 952. The van der Waals surface area contributed by atoms with Gasteiger partial charge in [0.2, 0.25) is 0 Å². The predicted octanol–water partition coefficient (Wildman–Crippen LogP) is 4.43. The molecule has 1 N–H and O–H groups in total. The van der Waals surface area contributed by atoms with Gasteiger partial charge >= 0.3 is 12.3 Å². The summed E-state index contributed by atoms with van der Waals surface area (Å²) in [7, 11) is 0. The lowest BCUT2D eigenvalue weighted by Gasteiger charge is -2.08. The molecule has 0 bridgehead atoms. The highest BCUT2D eigenvalue weighted by Crippen LogP contribution is 2.23. The Morgan fingerprint density at radius 2 is 1.39 bits per heavy atom. The molecule has 1 amide bonds. The van der Waals surface area contributed by atoms with Crippen molar-refractivity contribution in [2.45, 2.75) is 6.36 Å². The summed E-state index contributed by atoms with van der Waals surface area (Å²) >= 11 is 0. The highest BCUT2D eigenvalue weighted by Gasteiger charge is 2.30. The fourth-order valence-corrected chi connectivity index (χ4v) is 2.37. The number of hydrogen-bond acceptors (Lipinski definition) is 2. The van der Waals surface area contributed by atoms with Crippen molar-refractivity contribution in [3.05, 3.63) is 95.8 Å². The van der Waals surface area contributed by atoms with Gasteiger partial charge in [-0.05, 0) is 35.4 Å². The Morgan fingerprint density at radius 3 is 1.93 bits per heavy atom. The van der Waals surface area contributed by atoms with Crippen molar-refractivity contribution < 1.29 is 27.4 Å². The van der Waals surface area contributed by atoms with Gasteiger partial charge in [0.15, 0.2) is 12.4 Å². The summed E-state index contributed by atoms with van der Waals surface area (Å²) in [6, 6.07) is 17.9. The van der Waals surface area contributed by atoms with E-state index >= 15 is 0 Å². The van der Waals surface area contributed by atoms with Crippen molar-refractivity contribution in [3.63, 3.8) is 0 Å². The highest BCUT2D eigenvalue weighted by atomic mass is 19.4. The molecule has 0 unspecified atom stereocenters. The van der Waals surface area contributed by atoms with Crippen molar-refractivity contribution in [2.24, 2.45) is 0 Å². The van der Waals surface area contributed by atoms with Gasteiger partial charge in [-0.15, -0.1) is 18.6 Å². The quantitative estimate of drug-likeness (QED) is 0.522. The molecule has 7 heteroatoms. The largest absolute Gasteiger partial charge is 0.573 e. The van der Waals surface area contributed by atoms with Crippen LogP contribution in [0.3, 0.4) is 0 Å². The number of nitrogens with zero attached hydrogens (tertiary/aromatic N) is 1. The lowest BCUT2D eigenvalue weighted by molar-refractivity contribution is -0.641. The number of halogens is 3. The van der Waals surface area contributed by atoms with Gasteiger partial charge < -0.3 is 4.74 Å². The van der Waals surface area contributed by atoms with E-state index in [1.807, 2.05) is 6.07 Å². The number of alkyl halides is 3. The molecule has 0 saturated heterocycles. The van der Waals surface area contributed by atoms with Crippen molar-refractivity contribution in [2.75, 3.05) is 5.43 Å².